The molecule has 2 aromatic heterocycles. The largest absolute Gasteiger partial charge is 0.421 e. The van der Waals surface area contributed by atoms with E-state index in [1.165, 1.54) is 0 Å². The summed E-state index contributed by atoms with van der Waals surface area (Å²) in [5.74, 6) is -0.0640. The Morgan fingerprint density at radius 3 is 2.39 bits per heavy atom. The summed E-state index contributed by atoms with van der Waals surface area (Å²) in [5.41, 5.74) is 9.62. The minimum atomic E-state index is -0.431. The van der Waals surface area contributed by atoms with Crippen molar-refractivity contribution in [2.75, 3.05) is 0 Å². The molecule has 0 aliphatic heterocycles. The first-order valence-corrected chi connectivity index (χ1v) is 11.5. The third-order valence-corrected chi connectivity index (χ3v) is 5.68. The summed E-state index contributed by atoms with van der Waals surface area (Å²) >= 11 is 0. The van der Waals surface area contributed by atoms with E-state index in [2.05, 4.69) is 21.0 Å². The molecule has 0 bridgehead atoms. The molecular weight excluding hydrogens is 454 g/mol. The number of hydrazine groups is 1. The molecule has 178 valence electrons. The number of hydrogen-bond acceptors (Lipinski definition) is 6. The van der Waals surface area contributed by atoms with Gasteiger partial charge in [-0.2, -0.15) is 0 Å². The van der Waals surface area contributed by atoms with Crippen LogP contribution in [-0.4, -0.2) is 27.0 Å². The Morgan fingerprint density at radius 1 is 0.833 bits per heavy atom. The topological polar surface area (TPSA) is 110 Å². The second-order valence-corrected chi connectivity index (χ2v) is 8.31. The molecule has 0 aliphatic carbocycles. The molecule has 8 heteroatoms. The Balaban J connectivity index is 1.25. The summed E-state index contributed by atoms with van der Waals surface area (Å²) in [6.07, 6.45) is 0.319. The molecule has 0 saturated carbocycles. The van der Waals surface area contributed by atoms with Crippen LogP contribution in [0.5, 0.6) is 0 Å². The molecular formula is C28H23N5O3. The summed E-state index contributed by atoms with van der Waals surface area (Å²) in [7, 11) is 0. The fraction of sp³-hybridized carbons (Fsp3) is 0.107. The van der Waals surface area contributed by atoms with Crippen molar-refractivity contribution in [2.45, 2.75) is 19.8 Å². The lowest BCUT2D eigenvalue weighted by atomic mass is 10.0. The molecule has 2 heterocycles. The predicted molar refractivity (Wildman–Crippen MR) is 136 cm³/mol. The third-order valence-electron chi connectivity index (χ3n) is 5.68. The number of carbonyl (C=O) groups is 2. The monoisotopic (exact) mass is 477 g/mol. The van der Waals surface area contributed by atoms with Gasteiger partial charge in [-0.25, -0.2) is 4.98 Å². The maximum Gasteiger partial charge on any atom is 0.270 e. The molecule has 0 unspecified atom stereocenters. The minimum absolute atomic E-state index is 0.0718. The van der Waals surface area contributed by atoms with Gasteiger partial charge in [-0.3, -0.25) is 20.4 Å². The van der Waals surface area contributed by atoms with Crippen molar-refractivity contribution in [2.24, 2.45) is 0 Å². The number of para-hydroxylation sites is 1. The zero-order valence-electron chi connectivity index (χ0n) is 19.6. The van der Waals surface area contributed by atoms with E-state index in [-0.39, 0.29) is 18.7 Å². The summed E-state index contributed by atoms with van der Waals surface area (Å²) in [6, 6.07) is 26.5. The average Bonchev–Trinajstić information content (AvgIpc) is 3.40. The summed E-state index contributed by atoms with van der Waals surface area (Å²) in [4.78, 5) is 30.1. The molecule has 3 aromatic carbocycles. The maximum absolute atomic E-state index is 13.0. The number of hydrogen-bond donors (Lipinski definition) is 2. The molecule has 0 atom stereocenters. The summed E-state index contributed by atoms with van der Waals surface area (Å²) < 4.78 is 5.63. The Morgan fingerprint density at radius 2 is 1.58 bits per heavy atom. The first kappa shape index (κ1) is 22.9. The van der Waals surface area contributed by atoms with Crippen molar-refractivity contribution in [1.82, 2.24) is 26.0 Å². The fourth-order valence-electron chi connectivity index (χ4n) is 3.76. The highest BCUT2D eigenvalue weighted by Gasteiger charge is 2.15. The van der Waals surface area contributed by atoms with Crippen molar-refractivity contribution in [3.8, 4) is 22.7 Å². The van der Waals surface area contributed by atoms with Crippen LogP contribution in [0.1, 0.15) is 28.2 Å². The van der Waals surface area contributed by atoms with Crippen LogP contribution in [0.3, 0.4) is 0 Å². The maximum atomic E-state index is 13.0. The first-order valence-electron chi connectivity index (χ1n) is 11.5. The van der Waals surface area contributed by atoms with E-state index in [1.54, 1.807) is 6.07 Å². The highest BCUT2D eigenvalue weighted by Crippen LogP contribution is 2.25. The molecule has 36 heavy (non-hydrogen) atoms. The number of aryl methyl sites for hydroxylation is 2. The molecule has 8 nitrogen and oxygen atoms in total. The van der Waals surface area contributed by atoms with Gasteiger partial charge in [0.25, 0.3) is 5.91 Å². The van der Waals surface area contributed by atoms with Crippen LogP contribution < -0.4 is 10.9 Å². The van der Waals surface area contributed by atoms with E-state index in [4.69, 9.17) is 9.40 Å². The van der Waals surface area contributed by atoms with Crippen LogP contribution >= 0.6 is 0 Å². The number of nitrogens with one attached hydrogen (secondary N) is 2. The molecule has 2 N–H and O–H groups in total. The Labute approximate surface area is 207 Å². The van der Waals surface area contributed by atoms with Crippen LogP contribution in [0.25, 0.3) is 33.6 Å². The van der Waals surface area contributed by atoms with E-state index in [0.717, 1.165) is 16.7 Å². The number of rotatable bonds is 6. The van der Waals surface area contributed by atoms with Gasteiger partial charge in [0.2, 0.25) is 17.7 Å². The number of carbonyl (C=O) groups excluding carboxylic acids is 2. The van der Waals surface area contributed by atoms with Crippen molar-refractivity contribution < 1.29 is 14.0 Å². The predicted octanol–water partition coefficient (Wildman–Crippen LogP) is 4.65. The molecule has 0 radical (unpaired) electrons. The zero-order chi connectivity index (χ0) is 24.9. The molecule has 5 rings (SSSR count). The molecule has 5 aromatic rings. The van der Waals surface area contributed by atoms with Gasteiger partial charge in [0.05, 0.1) is 16.8 Å². The zero-order valence-corrected chi connectivity index (χ0v) is 19.6. The molecule has 2 amide bonds. The highest BCUT2D eigenvalue weighted by molar-refractivity contribution is 6.07. The Hall–Kier alpha value is -4.85. The van der Waals surface area contributed by atoms with Crippen LogP contribution in [0, 0.1) is 6.92 Å². The summed E-state index contributed by atoms with van der Waals surface area (Å²) in [6.45, 7) is 2.01. The Kier molecular flexibility index (Phi) is 6.48. The van der Waals surface area contributed by atoms with Crippen molar-refractivity contribution in [1.29, 1.82) is 0 Å². The van der Waals surface area contributed by atoms with Crippen molar-refractivity contribution in [3.05, 3.63) is 102 Å². The highest BCUT2D eigenvalue weighted by atomic mass is 16.4. The minimum Gasteiger partial charge on any atom is -0.421 e. The molecule has 0 saturated heterocycles. The number of fused-ring (bicyclic) bond motifs is 1. The fourth-order valence-corrected chi connectivity index (χ4v) is 3.76. The number of benzene rings is 3. The third kappa shape index (κ3) is 5.12. The van der Waals surface area contributed by atoms with Crippen molar-refractivity contribution >= 4 is 22.7 Å². The lowest BCUT2D eigenvalue weighted by molar-refractivity contribution is -0.121. The van der Waals surface area contributed by atoms with E-state index in [1.807, 2.05) is 85.8 Å². The standard InChI is InChI=1S/C28H23N5O3/c1-18-11-13-19(14-12-18)24-17-22(21-9-5-6-10-23(21)29-24)27(35)32-30-25(34)15-16-26-31-33-28(36-26)20-7-3-2-4-8-20/h2-14,17H,15-16H2,1H3,(H,30,34)(H,32,35). The molecule has 0 aliphatic rings. The average molecular weight is 478 g/mol. The number of amides is 2. The van der Waals surface area contributed by atoms with Crippen LogP contribution in [0.4, 0.5) is 0 Å². The van der Waals surface area contributed by atoms with E-state index in [9.17, 15) is 9.59 Å². The van der Waals surface area contributed by atoms with Gasteiger partial charge in [0.1, 0.15) is 0 Å². The van der Waals surface area contributed by atoms with E-state index in [0.29, 0.717) is 33.9 Å². The van der Waals surface area contributed by atoms with Gasteiger partial charge < -0.3 is 4.42 Å². The normalized spacial score (nSPS) is 10.8. The smallest absolute Gasteiger partial charge is 0.270 e. The van der Waals surface area contributed by atoms with Crippen molar-refractivity contribution in [3.63, 3.8) is 0 Å². The quantitative estimate of drug-likeness (QED) is 0.345. The second kappa shape index (κ2) is 10.2. The lowest BCUT2D eigenvalue weighted by Gasteiger charge is -2.11. The lowest BCUT2D eigenvalue weighted by Crippen LogP contribution is -2.41. The van der Waals surface area contributed by atoms with Gasteiger partial charge in [0, 0.05) is 29.4 Å². The first-order chi connectivity index (χ1) is 17.6. The van der Waals surface area contributed by atoms with Crippen LogP contribution in [-0.2, 0) is 11.2 Å². The van der Waals surface area contributed by atoms with Gasteiger partial charge in [0.15, 0.2) is 0 Å². The van der Waals surface area contributed by atoms with E-state index >= 15 is 0 Å². The molecule has 0 fully saturated rings. The SMILES string of the molecule is Cc1ccc(-c2cc(C(=O)NNC(=O)CCc3nnc(-c4ccccc4)o3)c3ccccc3n2)cc1. The number of pyridine rings is 1. The Bertz CT molecular complexity index is 1530. The van der Waals surface area contributed by atoms with Gasteiger partial charge >= 0.3 is 0 Å². The van der Waals surface area contributed by atoms with Gasteiger partial charge in [-0.15, -0.1) is 10.2 Å². The summed E-state index contributed by atoms with van der Waals surface area (Å²) in [5, 5.41) is 8.71. The van der Waals surface area contributed by atoms with Gasteiger partial charge in [-0.05, 0) is 31.2 Å². The van der Waals surface area contributed by atoms with Gasteiger partial charge in [-0.1, -0.05) is 66.2 Å². The van der Waals surface area contributed by atoms with Crippen LogP contribution in [0.2, 0.25) is 0 Å². The second-order valence-electron chi connectivity index (χ2n) is 8.31. The number of nitrogens with zero attached hydrogens (tertiary/aromatic N) is 3. The van der Waals surface area contributed by atoms with E-state index < -0.39 is 5.91 Å². The number of aromatic nitrogens is 3. The molecule has 0 spiro atoms. The van der Waals surface area contributed by atoms with Crippen LogP contribution in [0.15, 0.2) is 89.3 Å².